The number of aryl methyl sites for hydroxylation is 1. The van der Waals surface area contributed by atoms with Crippen LogP contribution in [0.3, 0.4) is 0 Å². The van der Waals surface area contributed by atoms with Gasteiger partial charge in [-0.05, 0) is 55.3 Å². The van der Waals surface area contributed by atoms with Crippen LogP contribution >= 0.6 is 0 Å². The average molecular weight is 493 g/mol. The lowest BCUT2D eigenvalue weighted by Crippen LogP contribution is -2.43. The molecule has 0 fully saturated rings. The lowest BCUT2D eigenvalue weighted by molar-refractivity contribution is -0.132. The summed E-state index contributed by atoms with van der Waals surface area (Å²) in [6.07, 6.45) is 2.12. The normalized spacial score (nSPS) is 11.6. The van der Waals surface area contributed by atoms with Gasteiger partial charge in [0.05, 0.1) is 30.8 Å². The van der Waals surface area contributed by atoms with Crippen molar-refractivity contribution in [2.45, 2.75) is 31.3 Å². The number of carbonyl (C=O) groups excluding carboxylic acids is 1. The van der Waals surface area contributed by atoms with E-state index in [1.54, 1.807) is 35.2 Å². The SMILES string of the molecule is Cc1ccc(CN(CCc2ccccc2)C(=O)CN(Cc2ccco2)S(=O)(=O)c2ccccc2)o1. The minimum atomic E-state index is -3.94. The molecule has 0 saturated heterocycles. The van der Waals surface area contributed by atoms with Crippen molar-refractivity contribution in [3.63, 3.8) is 0 Å². The molecular weight excluding hydrogens is 464 g/mol. The first kappa shape index (κ1) is 24.5. The van der Waals surface area contributed by atoms with Gasteiger partial charge in [-0.1, -0.05) is 48.5 Å². The highest BCUT2D eigenvalue weighted by atomic mass is 32.2. The molecule has 0 aliphatic carbocycles. The van der Waals surface area contributed by atoms with E-state index >= 15 is 0 Å². The zero-order valence-electron chi connectivity index (χ0n) is 19.5. The number of furan rings is 2. The first-order valence-corrected chi connectivity index (χ1v) is 12.8. The molecule has 182 valence electrons. The van der Waals surface area contributed by atoms with E-state index in [0.29, 0.717) is 24.5 Å². The molecule has 2 heterocycles. The van der Waals surface area contributed by atoms with Crippen LogP contribution in [-0.2, 0) is 34.3 Å². The Balaban J connectivity index is 1.58. The van der Waals surface area contributed by atoms with Gasteiger partial charge in [-0.3, -0.25) is 4.79 Å². The number of amides is 1. The number of rotatable bonds is 11. The summed E-state index contributed by atoms with van der Waals surface area (Å²) < 4.78 is 39.2. The third-order valence-corrected chi connectivity index (χ3v) is 7.42. The fourth-order valence-corrected chi connectivity index (χ4v) is 5.13. The number of benzene rings is 2. The van der Waals surface area contributed by atoms with E-state index in [2.05, 4.69) is 0 Å². The largest absolute Gasteiger partial charge is 0.468 e. The Bertz CT molecular complexity index is 1320. The lowest BCUT2D eigenvalue weighted by Gasteiger charge is -2.26. The monoisotopic (exact) mass is 492 g/mol. The Kier molecular flexibility index (Phi) is 7.84. The number of sulfonamides is 1. The molecule has 0 N–H and O–H groups in total. The van der Waals surface area contributed by atoms with Gasteiger partial charge in [-0.15, -0.1) is 0 Å². The van der Waals surface area contributed by atoms with Crippen LogP contribution in [0.25, 0.3) is 0 Å². The molecule has 4 aromatic rings. The predicted octanol–water partition coefficient (Wildman–Crippen LogP) is 4.64. The average Bonchev–Trinajstić information content (AvgIpc) is 3.54. The van der Waals surface area contributed by atoms with Crippen LogP contribution in [0, 0.1) is 6.92 Å². The van der Waals surface area contributed by atoms with Crippen LogP contribution in [0.4, 0.5) is 0 Å². The Morgan fingerprint density at radius 2 is 1.54 bits per heavy atom. The Morgan fingerprint density at radius 3 is 2.17 bits per heavy atom. The standard InChI is InChI=1S/C27H28N2O5S/c1-22-14-15-25(34-22)19-28(17-16-23-9-4-2-5-10-23)27(30)21-29(20-24-11-8-18-33-24)35(31,32)26-12-6-3-7-13-26/h2-15,18H,16-17,19-21H2,1H3. The highest BCUT2D eigenvalue weighted by Crippen LogP contribution is 2.20. The summed E-state index contributed by atoms with van der Waals surface area (Å²) in [7, 11) is -3.94. The van der Waals surface area contributed by atoms with Crippen LogP contribution in [0.1, 0.15) is 22.8 Å². The number of nitrogens with zero attached hydrogens (tertiary/aromatic N) is 2. The summed E-state index contributed by atoms with van der Waals surface area (Å²) in [5.41, 5.74) is 1.09. The van der Waals surface area contributed by atoms with E-state index in [1.165, 1.54) is 18.4 Å². The van der Waals surface area contributed by atoms with Gasteiger partial charge in [0.2, 0.25) is 15.9 Å². The van der Waals surface area contributed by atoms with Gasteiger partial charge in [0.1, 0.15) is 17.3 Å². The van der Waals surface area contributed by atoms with Gasteiger partial charge in [0, 0.05) is 6.54 Å². The van der Waals surface area contributed by atoms with Gasteiger partial charge < -0.3 is 13.7 Å². The van der Waals surface area contributed by atoms with Gasteiger partial charge in [0.25, 0.3) is 0 Å². The molecule has 2 aromatic heterocycles. The van der Waals surface area contributed by atoms with Gasteiger partial charge in [0.15, 0.2) is 0 Å². The first-order chi connectivity index (χ1) is 16.9. The Hall–Kier alpha value is -3.62. The third kappa shape index (κ3) is 6.49. The van der Waals surface area contributed by atoms with Crippen molar-refractivity contribution in [3.05, 3.63) is 114 Å². The molecule has 7 nitrogen and oxygen atoms in total. The van der Waals surface area contributed by atoms with Crippen LogP contribution < -0.4 is 0 Å². The second-order valence-electron chi connectivity index (χ2n) is 8.23. The highest BCUT2D eigenvalue weighted by Gasteiger charge is 2.29. The predicted molar refractivity (Wildman–Crippen MR) is 132 cm³/mol. The van der Waals surface area contributed by atoms with E-state index in [0.717, 1.165) is 15.6 Å². The fourth-order valence-electron chi connectivity index (χ4n) is 3.75. The summed E-state index contributed by atoms with van der Waals surface area (Å²) in [6, 6.07) is 25.0. The van der Waals surface area contributed by atoms with Crippen molar-refractivity contribution in [1.82, 2.24) is 9.21 Å². The second kappa shape index (κ2) is 11.2. The lowest BCUT2D eigenvalue weighted by atomic mass is 10.1. The minimum absolute atomic E-state index is 0.0532. The van der Waals surface area contributed by atoms with Crippen LogP contribution in [0.5, 0.6) is 0 Å². The first-order valence-electron chi connectivity index (χ1n) is 11.4. The van der Waals surface area contributed by atoms with E-state index in [4.69, 9.17) is 8.83 Å². The molecule has 35 heavy (non-hydrogen) atoms. The maximum Gasteiger partial charge on any atom is 0.243 e. The number of hydrogen-bond donors (Lipinski definition) is 0. The smallest absolute Gasteiger partial charge is 0.243 e. The quantitative estimate of drug-likeness (QED) is 0.304. The van der Waals surface area contributed by atoms with Crippen LogP contribution in [0.2, 0.25) is 0 Å². The van der Waals surface area contributed by atoms with Crippen molar-refractivity contribution >= 4 is 15.9 Å². The topological polar surface area (TPSA) is 84.0 Å². The van der Waals surface area contributed by atoms with Crippen molar-refractivity contribution in [1.29, 1.82) is 0 Å². The van der Waals surface area contributed by atoms with Crippen molar-refractivity contribution in [2.24, 2.45) is 0 Å². The molecule has 0 radical (unpaired) electrons. The fraction of sp³-hybridized carbons (Fsp3) is 0.222. The van der Waals surface area contributed by atoms with Crippen molar-refractivity contribution in [3.8, 4) is 0 Å². The zero-order chi connectivity index (χ0) is 24.7. The maximum atomic E-state index is 13.5. The molecular formula is C27H28N2O5S. The molecule has 2 aromatic carbocycles. The highest BCUT2D eigenvalue weighted by molar-refractivity contribution is 7.89. The molecule has 0 saturated carbocycles. The van der Waals surface area contributed by atoms with E-state index < -0.39 is 10.0 Å². The second-order valence-corrected chi connectivity index (χ2v) is 10.2. The maximum absolute atomic E-state index is 13.5. The molecule has 0 spiro atoms. The molecule has 0 atom stereocenters. The summed E-state index contributed by atoms with van der Waals surface area (Å²) in [4.78, 5) is 15.3. The molecule has 4 rings (SSSR count). The summed E-state index contributed by atoms with van der Waals surface area (Å²) in [5.74, 6) is 1.53. The van der Waals surface area contributed by atoms with E-state index in [1.807, 2.05) is 49.4 Å². The zero-order valence-corrected chi connectivity index (χ0v) is 20.4. The third-order valence-electron chi connectivity index (χ3n) is 5.61. The molecule has 0 bridgehead atoms. The van der Waals surface area contributed by atoms with Crippen LogP contribution in [-0.4, -0.2) is 36.6 Å². The van der Waals surface area contributed by atoms with Crippen LogP contribution in [0.15, 0.2) is 105 Å². The van der Waals surface area contributed by atoms with Gasteiger partial charge in [-0.2, -0.15) is 4.31 Å². The Morgan fingerprint density at radius 1 is 0.829 bits per heavy atom. The molecule has 1 amide bonds. The molecule has 0 unspecified atom stereocenters. The van der Waals surface area contributed by atoms with Crippen molar-refractivity contribution in [2.75, 3.05) is 13.1 Å². The molecule has 0 aliphatic rings. The molecule has 8 heteroatoms. The minimum Gasteiger partial charge on any atom is -0.468 e. The van der Waals surface area contributed by atoms with E-state index in [9.17, 15) is 13.2 Å². The number of carbonyl (C=O) groups is 1. The molecule has 0 aliphatic heterocycles. The van der Waals surface area contributed by atoms with E-state index in [-0.39, 0.29) is 30.4 Å². The summed E-state index contributed by atoms with van der Waals surface area (Å²) in [5, 5.41) is 0. The Labute approximate surface area is 205 Å². The summed E-state index contributed by atoms with van der Waals surface area (Å²) in [6.45, 7) is 2.13. The van der Waals surface area contributed by atoms with Gasteiger partial charge >= 0.3 is 0 Å². The van der Waals surface area contributed by atoms with Crippen molar-refractivity contribution < 1.29 is 22.0 Å². The van der Waals surface area contributed by atoms with Gasteiger partial charge in [-0.25, -0.2) is 8.42 Å². The number of hydrogen-bond acceptors (Lipinski definition) is 5. The summed E-state index contributed by atoms with van der Waals surface area (Å²) >= 11 is 0.